The Morgan fingerprint density at radius 1 is 1.20 bits per heavy atom. The average molecular weight is 517 g/mol. The number of carbonyl (C=O) groups excluding carboxylic acids is 1. The Balaban J connectivity index is 1.59. The lowest BCUT2D eigenvalue weighted by molar-refractivity contribution is -0.198. The van der Waals surface area contributed by atoms with E-state index in [0.717, 1.165) is 30.7 Å². The zero-order valence-electron chi connectivity index (χ0n) is 19.7. The number of hydrogen-bond acceptors (Lipinski definition) is 5. The first-order valence-corrected chi connectivity index (χ1v) is 16.2. The number of carbonyl (C=O) groups is 1. The molecule has 1 N–H and O–H groups in total. The van der Waals surface area contributed by atoms with E-state index in [0.29, 0.717) is 23.5 Å². The second-order valence-electron chi connectivity index (χ2n) is 9.16. The lowest BCUT2D eigenvalue weighted by Gasteiger charge is -2.24. The maximum absolute atomic E-state index is 14.5. The number of para-hydroxylation sites is 1. The Morgan fingerprint density at radius 2 is 1.94 bits per heavy atom. The first kappa shape index (κ1) is 25.3. The Morgan fingerprint density at radius 3 is 2.69 bits per heavy atom. The summed E-state index contributed by atoms with van der Waals surface area (Å²) in [5, 5.41) is 1.38. The third-order valence-corrected chi connectivity index (χ3v) is 11.0. The van der Waals surface area contributed by atoms with Gasteiger partial charge in [-0.3, -0.25) is 4.79 Å². The molecule has 0 saturated carbocycles. The SMILES string of the molecule is C[Si](C)(C/C=C/C(=O)NOC1CCCCO1)c1cc2ccccc2n1S(=O)(=O)c1ccccc1F. The van der Waals surface area contributed by atoms with Crippen molar-refractivity contribution in [1.82, 2.24) is 9.45 Å². The van der Waals surface area contributed by atoms with E-state index in [1.165, 1.54) is 28.2 Å². The second-order valence-corrected chi connectivity index (χ2v) is 15.6. The minimum Gasteiger partial charge on any atom is -0.350 e. The van der Waals surface area contributed by atoms with E-state index in [4.69, 9.17) is 9.57 Å². The maximum Gasteiger partial charge on any atom is 0.270 e. The Bertz CT molecular complexity index is 1350. The van der Waals surface area contributed by atoms with Crippen molar-refractivity contribution < 1.29 is 27.2 Å². The number of fused-ring (bicyclic) bond motifs is 1. The van der Waals surface area contributed by atoms with Gasteiger partial charge >= 0.3 is 0 Å². The summed E-state index contributed by atoms with van der Waals surface area (Å²) in [4.78, 5) is 17.1. The zero-order chi connectivity index (χ0) is 25.1. The topological polar surface area (TPSA) is 86.6 Å². The first-order chi connectivity index (χ1) is 16.7. The highest BCUT2D eigenvalue weighted by Crippen LogP contribution is 2.26. The fourth-order valence-electron chi connectivity index (χ4n) is 4.14. The maximum atomic E-state index is 14.5. The molecule has 2 aromatic carbocycles. The fraction of sp³-hybridized carbons (Fsp3) is 0.320. The third-order valence-electron chi connectivity index (χ3n) is 6.04. The van der Waals surface area contributed by atoms with Crippen LogP contribution in [0.25, 0.3) is 10.9 Å². The van der Waals surface area contributed by atoms with E-state index in [-0.39, 0.29) is 4.90 Å². The normalized spacial score (nSPS) is 17.2. The van der Waals surface area contributed by atoms with Gasteiger partial charge in [-0.1, -0.05) is 49.5 Å². The van der Waals surface area contributed by atoms with E-state index < -0.39 is 36.1 Å². The molecule has 1 aliphatic heterocycles. The lowest BCUT2D eigenvalue weighted by Crippen LogP contribution is -2.47. The molecule has 35 heavy (non-hydrogen) atoms. The number of nitrogens with one attached hydrogen (secondary N) is 1. The number of rotatable bonds is 8. The van der Waals surface area contributed by atoms with Gasteiger partial charge in [0.05, 0.1) is 5.52 Å². The molecule has 1 aromatic heterocycles. The van der Waals surface area contributed by atoms with Gasteiger partial charge < -0.3 is 4.74 Å². The van der Waals surface area contributed by atoms with E-state index in [9.17, 15) is 17.6 Å². The van der Waals surface area contributed by atoms with Crippen LogP contribution in [-0.4, -0.2) is 39.3 Å². The highest BCUT2D eigenvalue weighted by atomic mass is 32.2. The van der Waals surface area contributed by atoms with Crippen LogP contribution in [-0.2, 0) is 24.4 Å². The molecular formula is C25H29FN2O5SSi. The van der Waals surface area contributed by atoms with Crippen molar-refractivity contribution in [3.63, 3.8) is 0 Å². The van der Waals surface area contributed by atoms with Crippen molar-refractivity contribution in [2.75, 3.05) is 6.61 Å². The van der Waals surface area contributed by atoms with E-state index >= 15 is 0 Å². The molecule has 1 saturated heterocycles. The summed E-state index contributed by atoms with van der Waals surface area (Å²) in [5.74, 6) is -1.21. The number of nitrogens with zero attached hydrogens (tertiary/aromatic N) is 1. The molecule has 0 bridgehead atoms. The summed E-state index contributed by atoms with van der Waals surface area (Å²) < 4.78 is 48.5. The van der Waals surface area contributed by atoms with Gasteiger partial charge in [0.15, 0.2) is 6.29 Å². The summed E-state index contributed by atoms with van der Waals surface area (Å²) in [7, 11) is -6.65. The number of amides is 1. The van der Waals surface area contributed by atoms with Gasteiger partial charge in [-0.2, -0.15) is 0 Å². The largest absolute Gasteiger partial charge is 0.350 e. The molecule has 186 valence electrons. The standard InChI is InChI=1S/C25H29FN2O5SSi/c1-35(2,17-9-14-23(29)27-33-25-15-7-8-16-32-25)24-18-19-10-3-5-12-21(19)28(24)34(30,31)22-13-6-4-11-20(22)26/h3-6,9-14,18,25H,7-8,15-17H2,1-2H3,(H,27,29)/b14-9+. The quantitative estimate of drug-likeness (QED) is 0.277. The first-order valence-electron chi connectivity index (χ1n) is 11.5. The number of hydroxylamine groups is 1. The van der Waals surface area contributed by atoms with Crippen molar-refractivity contribution in [3.8, 4) is 0 Å². The molecule has 10 heteroatoms. The minimum atomic E-state index is -4.19. The molecule has 2 heterocycles. The van der Waals surface area contributed by atoms with Crippen LogP contribution in [0.4, 0.5) is 4.39 Å². The Hall–Kier alpha value is -2.79. The summed E-state index contributed by atoms with van der Waals surface area (Å²) >= 11 is 0. The molecule has 1 unspecified atom stereocenters. The molecule has 0 radical (unpaired) electrons. The monoisotopic (exact) mass is 516 g/mol. The summed E-state index contributed by atoms with van der Waals surface area (Å²) in [6, 6.07) is 14.9. The van der Waals surface area contributed by atoms with Gasteiger partial charge in [-0.15, -0.1) is 0 Å². The van der Waals surface area contributed by atoms with Gasteiger partial charge in [0.2, 0.25) is 0 Å². The van der Waals surface area contributed by atoms with Crippen molar-refractivity contribution in [3.05, 3.63) is 72.6 Å². The molecule has 0 aliphatic carbocycles. The van der Waals surface area contributed by atoms with E-state index in [2.05, 4.69) is 5.48 Å². The zero-order valence-corrected chi connectivity index (χ0v) is 21.6. The second kappa shape index (κ2) is 10.4. The van der Waals surface area contributed by atoms with Crippen LogP contribution in [0.5, 0.6) is 0 Å². The van der Waals surface area contributed by atoms with Crippen LogP contribution in [0.1, 0.15) is 19.3 Å². The highest BCUT2D eigenvalue weighted by molar-refractivity contribution is 7.90. The van der Waals surface area contributed by atoms with E-state index in [1.54, 1.807) is 18.2 Å². The van der Waals surface area contributed by atoms with Crippen LogP contribution in [0, 0.1) is 5.82 Å². The summed E-state index contributed by atoms with van der Waals surface area (Å²) in [5.41, 5.74) is 2.88. The fourth-order valence-corrected chi connectivity index (χ4v) is 8.87. The van der Waals surface area contributed by atoms with E-state index in [1.807, 2.05) is 31.3 Å². The molecule has 1 fully saturated rings. The number of allylic oxidation sites excluding steroid dienone is 1. The Labute approximate surface area is 205 Å². The van der Waals surface area contributed by atoms with Crippen LogP contribution in [0.15, 0.2) is 71.6 Å². The molecule has 0 spiro atoms. The molecular weight excluding hydrogens is 487 g/mol. The molecule has 1 aliphatic rings. The summed E-state index contributed by atoms with van der Waals surface area (Å²) in [6.07, 6.45) is 5.37. The highest BCUT2D eigenvalue weighted by Gasteiger charge is 2.33. The van der Waals surface area contributed by atoms with Crippen molar-refractivity contribution in [2.24, 2.45) is 0 Å². The van der Waals surface area contributed by atoms with Crippen LogP contribution < -0.4 is 10.8 Å². The van der Waals surface area contributed by atoms with Gasteiger partial charge in [0, 0.05) is 29.8 Å². The van der Waals surface area contributed by atoms with Gasteiger partial charge in [0.25, 0.3) is 15.9 Å². The number of aromatic nitrogens is 1. The van der Waals surface area contributed by atoms with Crippen LogP contribution >= 0.6 is 0 Å². The third kappa shape index (κ3) is 5.56. The predicted octanol–water partition coefficient (Wildman–Crippen LogP) is 4.06. The molecule has 1 atom stereocenters. The van der Waals surface area contributed by atoms with Gasteiger partial charge in [-0.05, 0) is 43.2 Å². The lowest BCUT2D eigenvalue weighted by atomic mass is 10.2. The number of benzene rings is 2. The minimum absolute atomic E-state index is 0.371. The Kier molecular flexibility index (Phi) is 7.55. The van der Waals surface area contributed by atoms with Gasteiger partial charge in [-0.25, -0.2) is 27.1 Å². The van der Waals surface area contributed by atoms with Crippen molar-refractivity contribution >= 4 is 40.2 Å². The molecule has 1 amide bonds. The average Bonchev–Trinajstić information content (AvgIpc) is 3.25. The smallest absolute Gasteiger partial charge is 0.270 e. The number of hydrogen-bond donors (Lipinski definition) is 1. The van der Waals surface area contributed by atoms with Gasteiger partial charge in [0.1, 0.15) is 18.8 Å². The molecule has 7 nitrogen and oxygen atoms in total. The number of ether oxygens (including phenoxy) is 1. The van der Waals surface area contributed by atoms with Crippen LogP contribution in [0.2, 0.25) is 19.1 Å². The van der Waals surface area contributed by atoms with Crippen molar-refractivity contribution in [1.29, 1.82) is 0 Å². The summed E-state index contributed by atoms with van der Waals surface area (Å²) in [6.45, 7) is 4.65. The molecule has 3 aromatic rings. The molecule has 4 rings (SSSR count). The van der Waals surface area contributed by atoms with Crippen LogP contribution in [0.3, 0.4) is 0 Å². The number of halogens is 1. The van der Waals surface area contributed by atoms with Crippen molar-refractivity contribution in [2.45, 2.75) is 49.6 Å². The predicted molar refractivity (Wildman–Crippen MR) is 135 cm³/mol.